The van der Waals surface area contributed by atoms with Crippen LogP contribution in [0, 0.1) is 10.1 Å². The van der Waals surface area contributed by atoms with Gasteiger partial charge in [-0.2, -0.15) is 0 Å². The van der Waals surface area contributed by atoms with Crippen molar-refractivity contribution < 1.29 is 9.72 Å². The van der Waals surface area contributed by atoms with E-state index >= 15 is 0 Å². The quantitative estimate of drug-likeness (QED) is 0.487. The maximum absolute atomic E-state index is 12.1. The minimum atomic E-state index is -0.545. The second-order valence-corrected chi connectivity index (χ2v) is 4.52. The van der Waals surface area contributed by atoms with Crippen LogP contribution in [0.1, 0.15) is 29.6 Å². The van der Waals surface area contributed by atoms with Crippen molar-refractivity contribution in [3.8, 4) is 0 Å². The SMILES string of the molecule is Nc1ccc([N+](=O)[O-])cc1C(=O)NN1CCCCC1. The number of nitrogens with one attached hydrogen (secondary N) is 1. The van der Waals surface area contributed by atoms with Crippen LogP contribution in [0.3, 0.4) is 0 Å². The third-order valence-corrected chi connectivity index (χ3v) is 3.11. The molecule has 7 nitrogen and oxygen atoms in total. The molecule has 0 unspecified atom stereocenters. The number of carbonyl (C=O) groups excluding carboxylic acids is 1. The lowest BCUT2D eigenvalue weighted by Gasteiger charge is -2.26. The van der Waals surface area contributed by atoms with Crippen LogP contribution in [0.25, 0.3) is 0 Å². The summed E-state index contributed by atoms with van der Waals surface area (Å²) in [5, 5.41) is 12.5. The number of amides is 1. The summed E-state index contributed by atoms with van der Waals surface area (Å²) >= 11 is 0. The number of anilines is 1. The topological polar surface area (TPSA) is 101 Å². The summed E-state index contributed by atoms with van der Waals surface area (Å²) in [7, 11) is 0. The number of nitro benzene ring substituents is 1. The fourth-order valence-electron chi connectivity index (χ4n) is 2.06. The molecule has 102 valence electrons. The lowest BCUT2D eigenvalue weighted by atomic mass is 10.1. The standard InChI is InChI=1S/C12H16N4O3/c13-11-5-4-9(16(18)19)8-10(11)12(17)14-15-6-2-1-3-7-15/h4-5,8H,1-3,6-7,13H2,(H,14,17). The van der Waals surface area contributed by atoms with Gasteiger partial charge in [-0.15, -0.1) is 0 Å². The van der Waals surface area contributed by atoms with E-state index in [1.807, 2.05) is 5.01 Å². The first-order chi connectivity index (χ1) is 9.08. The average Bonchev–Trinajstić information content (AvgIpc) is 2.40. The molecule has 1 heterocycles. The number of benzene rings is 1. The molecule has 0 spiro atoms. The molecule has 1 aliphatic heterocycles. The van der Waals surface area contributed by atoms with Crippen LogP contribution in [0.4, 0.5) is 11.4 Å². The molecule has 0 radical (unpaired) electrons. The lowest BCUT2D eigenvalue weighted by Crippen LogP contribution is -2.45. The number of hydrogen-bond donors (Lipinski definition) is 2. The molecule has 2 rings (SSSR count). The molecule has 1 fully saturated rings. The zero-order valence-electron chi connectivity index (χ0n) is 10.5. The van der Waals surface area contributed by atoms with E-state index in [0.29, 0.717) is 0 Å². The Morgan fingerprint density at radius 1 is 1.32 bits per heavy atom. The van der Waals surface area contributed by atoms with Crippen LogP contribution in [0.15, 0.2) is 18.2 Å². The maximum Gasteiger partial charge on any atom is 0.270 e. The van der Waals surface area contributed by atoms with E-state index in [-0.39, 0.29) is 16.9 Å². The maximum atomic E-state index is 12.1. The minimum Gasteiger partial charge on any atom is -0.398 e. The van der Waals surface area contributed by atoms with Gasteiger partial charge in [0.05, 0.1) is 10.5 Å². The number of carbonyl (C=O) groups is 1. The molecule has 0 aromatic heterocycles. The highest BCUT2D eigenvalue weighted by Crippen LogP contribution is 2.19. The number of piperidine rings is 1. The Labute approximate surface area is 110 Å². The monoisotopic (exact) mass is 264 g/mol. The van der Waals surface area contributed by atoms with Crippen molar-refractivity contribution in [3.63, 3.8) is 0 Å². The fraction of sp³-hybridized carbons (Fsp3) is 0.417. The third-order valence-electron chi connectivity index (χ3n) is 3.11. The average molecular weight is 264 g/mol. The van der Waals surface area contributed by atoms with Gasteiger partial charge in [-0.05, 0) is 18.9 Å². The van der Waals surface area contributed by atoms with E-state index in [0.717, 1.165) is 32.4 Å². The largest absolute Gasteiger partial charge is 0.398 e. The van der Waals surface area contributed by atoms with Gasteiger partial charge in [0.2, 0.25) is 0 Å². The second kappa shape index (κ2) is 5.66. The Morgan fingerprint density at radius 3 is 2.63 bits per heavy atom. The smallest absolute Gasteiger partial charge is 0.270 e. The van der Waals surface area contributed by atoms with Gasteiger partial charge >= 0.3 is 0 Å². The van der Waals surface area contributed by atoms with Crippen LogP contribution < -0.4 is 11.2 Å². The molecule has 7 heteroatoms. The van der Waals surface area contributed by atoms with Crippen molar-refractivity contribution in [3.05, 3.63) is 33.9 Å². The molecule has 3 N–H and O–H groups in total. The number of nitrogens with zero attached hydrogens (tertiary/aromatic N) is 2. The number of nitro groups is 1. The first-order valence-corrected chi connectivity index (χ1v) is 6.18. The first-order valence-electron chi connectivity index (χ1n) is 6.18. The summed E-state index contributed by atoms with van der Waals surface area (Å²) < 4.78 is 0. The molecular weight excluding hydrogens is 248 g/mol. The number of nitrogen functional groups attached to an aromatic ring is 1. The van der Waals surface area contributed by atoms with Gasteiger partial charge in [0.25, 0.3) is 11.6 Å². The Morgan fingerprint density at radius 2 is 2.00 bits per heavy atom. The summed E-state index contributed by atoms with van der Waals surface area (Å²) in [5.41, 5.74) is 8.66. The predicted molar refractivity (Wildman–Crippen MR) is 70.4 cm³/mol. The molecule has 0 atom stereocenters. The van der Waals surface area contributed by atoms with E-state index in [2.05, 4.69) is 5.43 Å². The summed E-state index contributed by atoms with van der Waals surface area (Å²) in [5.74, 6) is -0.400. The second-order valence-electron chi connectivity index (χ2n) is 4.52. The molecule has 1 aromatic rings. The number of hydrogen-bond acceptors (Lipinski definition) is 5. The van der Waals surface area contributed by atoms with Gasteiger partial charge in [-0.3, -0.25) is 20.3 Å². The Kier molecular flexibility index (Phi) is 3.96. The highest BCUT2D eigenvalue weighted by molar-refractivity contribution is 5.99. The zero-order valence-corrected chi connectivity index (χ0v) is 10.5. The van der Waals surface area contributed by atoms with Gasteiger partial charge in [0, 0.05) is 30.9 Å². The van der Waals surface area contributed by atoms with E-state index < -0.39 is 10.8 Å². The molecule has 1 saturated heterocycles. The lowest BCUT2D eigenvalue weighted by molar-refractivity contribution is -0.384. The van der Waals surface area contributed by atoms with E-state index in [4.69, 9.17) is 5.73 Å². The zero-order chi connectivity index (χ0) is 13.8. The van der Waals surface area contributed by atoms with Gasteiger partial charge in [0.15, 0.2) is 0 Å². The summed E-state index contributed by atoms with van der Waals surface area (Å²) in [6.07, 6.45) is 3.22. The van der Waals surface area contributed by atoms with Crippen molar-refractivity contribution in [1.29, 1.82) is 0 Å². The first kappa shape index (κ1) is 13.3. The minimum absolute atomic E-state index is 0.139. The molecule has 19 heavy (non-hydrogen) atoms. The van der Waals surface area contributed by atoms with Crippen LogP contribution >= 0.6 is 0 Å². The van der Waals surface area contributed by atoms with Crippen molar-refractivity contribution in [1.82, 2.24) is 10.4 Å². The number of rotatable bonds is 3. The predicted octanol–water partition coefficient (Wildman–Crippen LogP) is 1.31. The normalized spacial score (nSPS) is 16.0. The van der Waals surface area contributed by atoms with Crippen LogP contribution in [-0.2, 0) is 0 Å². The molecule has 1 amide bonds. The van der Waals surface area contributed by atoms with Gasteiger partial charge in [0.1, 0.15) is 0 Å². The van der Waals surface area contributed by atoms with Gasteiger partial charge in [-0.25, -0.2) is 5.01 Å². The highest BCUT2D eigenvalue weighted by Gasteiger charge is 2.18. The Bertz CT molecular complexity index is 498. The highest BCUT2D eigenvalue weighted by atomic mass is 16.6. The van der Waals surface area contributed by atoms with E-state index in [1.54, 1.807) is 0 Å². The molecule has 0 aliphatic carbocycles. The number of hydrazine groups is 1. The van der Waals surface area contributed by atoms with Gasteiger partial charge < -0.3 is 5.73 Å². The van der Waals surface area contributed by atoms with E-state index in [9.17, 15) is 14.9 Å². The molecule has 1 aliphatic rings. The van der Waals surface area contributed by atoms with E-state index in [1.165, 1.54) is 18.2 Å². The molecule has 0 saturated carbocycles. The van der Waals surface area contributed by atoms with Crippen LogP contribution in [0.5, 0.6) is 0 Å². The third kappa shape index (κ3) is 3.19. The van der Waals surface area contributed by atoms with Crippen LogP contribution in [-0.4, -0.2) is 28.9 Å². The summed E-state index contributed by atoms with van der Waals surface area (Å²) in [4.78, 5) is 22.2. The summed E-state index contributed by atoms with van der Waals surface area (Å²) in [6, 6.07) is 3.87. The Hall–Kier alpha value is -2.15. The van der Waals surface area contributed by atoms with Crippen molar-refractivity contribution in [2.45, 2.75) is 19.3 Å². The van der Waals surface area contributed by atoms with Gasteiger partial charge in [-0.1, -0.05) is 6.42 Å². The summed E-state index contributed by atoms with van der Waals surface area (Å²) in [6.45, 7) is 1.58. The molecular formula is C12H16N4O3. The fourth-order valence-corrected chi connectivity index (χ4v) is 2.06. The number of non-ortho nitro benzene ring substituents is 1. The molecule has 0 bridgehead atoms. The molecule has 1 aromatic carbocycles. The van der Waals surface area contributed by atoms with Crippen LogP contribution in [0.2, 0.25) is 0 Å². The van der Waals surface area contributed by atoms with Crippen molar-refractivity contribution in [2.75, 3.05) is 18.8 Å². The van der Waals surface area contributed by atoms with Crippen molar-refractivity contribution >= 4 is 17.3 Å². The Balaban J connectivity index is 2.13. The van der Waals surface area contributed by atoms with Crippen molar-refractivity contribution in [2.24, 2.45) is 0 Å². The number of nitrogens with two attached hydrogens (primary N) is 1.